The van der Waals surface area contributed by atoms with Crippen molar-refractivity contribution in [3.63, 3.8) is 0 Å². The first-order valence-corrected chi connectivity index (χ1v) is 8.90. The van der Waals surface area contributed by atoms with Gasteiger partial charge in [-0.3, -0.25) is 9.80 Å². The first-order valence-electron chi connectivity index (χ1n) is 7.67. The summed E-state index contributed by atoms with van der Waals surface area (Å²) in [6.45, 7) is 12.4. The van der Waals surface area contributed by atoms with Crippen LogP contribution in [0, 0.1) is 0 Å². The van der Waals surface area contributed by atoms with E-state index in [0.717, 1.165) is 12.1 Å². The molecule has 0 bridgehead atoms. The summed E-state index contributed by atoms with van der Waals surface area (Å²) in [4.78, 5) is 5.50. The highest BCUT2D eigenvalue weighted by atomic mass is 32.2. The van der Waals surface area contributed by atoms with Crippen molar-refractivity contribution in [1.29, 1.82) is 0 Å². The van der Waals surface area contributed by atoms with E-state index in [9.17, 15) is 0 Å². The lowest BCUT2D eigenvalue weighted by Crippen LogP contribution is -2.57. The number of hydrogen-bond acceptors (Lipinski definition) is 3. The molecular formula is C15H30N2S. The molecule has 0 amide bonds. The quantitative estimate of drug-likeness (QED) is 0.758. The van der Waals surface area contributed by atoms with Gasteiger partial charge in [-0.05, 0) is 45.4 Å². The van der Waals surface area contributed by atoms with Crippen molar-refractivity contribution in [1.82, 2.24) is 9.80 Å². The summed E-state index contributed by atoms with van der Waals surface area (Å²) < 4.78 is 0.481. The third kappa shape index (κ3) is 2.88. The van der Waals surface area contributed by atoms with Gasteiger partial charge in [0.05, 0.1) is 0 Å². The standard InChI is InChI=1S/C15H30N2S/c1-5-15(6-2,18-4)12-17-11-14-8-7-9-16(14)10-13(17)3/h13-14H,5-12H2,1-4H3. The minimum absolute atomic E-state index is 0.481. The molecule has 2 saturated heterocycles. The molecule has 3 heteroatoms. The molecule has 0 radical (unpaired) electrons. The molecule has 2 rings (SSSR count). The second-order valence-corrected chi connectivity index (χ2v) is 7.44. The summed E-state index contributed by atoms with van der Waals surface area (Å²) in [7, 11) is 0. The summed E-state index contributed by atoms with van der Waals surface area (Å²) in [6, 6.07) is 1.60. The molecule has 0 aromatic carbocycles. The van der Waals surface area contributed by atoms with Gasteiger partial charge < -0.3 is 0 Å². The van der Waals surface area contributed by atoms with Gasteiger partial charge in [0.1, 0.15) is 0 Å². The maximum Gasteiger partial charge on any atom is 0.0279 e. The molecule has 2 fully saturated rings. The van der Waals surface area contributed by atoms with E-state index in [4.69, 9.17) is 0 Å². The van der Waals surface area contributed by atoms with Crippen LogP contribution in [-0.4, -0.2) is 59.1 Å². The molecule has 2 nitrogen and oxygen atoms in total. The van der Waals surface area contributed by atoms with E-state index in [-0.39, 0.29) is 0 Å². The second kappa shape index (κ2) is 6.15. The largest absolute Gasteiger partial charge is 0.298 e. The fourth-order valence-electron chi connectivity index (χ4n) is 3.67. The number of rotatable bonds is 5. The van der Waals surface area contributed by atoms with E-state index in [2.05, 4.69) is 48.6 Å². The highest BCUT2D eigenvalue weighted by Crippen LogP contribution is 2.34. The Bertz CT molecular complexity index is 257. The van der Waals surface area contributed by atoms with E-state index < -0.39 is 0 Å². The van der Waals surface area contributed by atoms with E-state index >= 15 is 0 Å². The van der Waals surface area contributed by atoms with Gasteiger partial charge in [-0.15, -0.1) is 0 Å². The van der Waals surface area contributed by atoms with Gasteiger partial charge in [0.25, 0.3) is 0 Å². The van der Waals surface area contributed by atoms with Crippen molar-refractivity contribution in [3.8, 4) is 0 Å². The van der Waals surface area contributed by atoms with Crippen LogP contribution >= 0.6 is 11.8 Å². The van der Waals surface area contributed by atoms with Crippen LogP contribution in [0.3, 0.4) is 0 Å². The fourth-order valence-corrected chi connectivity index (χ4v) is 4.54. The number of nitrogens with zero attached hydrogens (tertiary/aromatic N) is 2. The van der Waals surface area contributed by atoms with Crippen LogP contribution in [0.4, 0.5) is 0 Å². The first kappa shape index (κ1) is 14.7. The first-order chi connectivity index (χ1) is 8.64. The summed E-state index contributed by atoms with van der Waals surface area (Å²) in [6.07, 6.45) is 7.72. The molecule has 0 aliphatic carbocycles. The van der Waals surface area contributed by atoms with Crippen LogP contribution < -0.4 is 0 Å². The zero-order valence-corrected chi connectivity index (χ0v) is 13.4. The molecule has 2 unspecified atom stereocenters. The van der Waals surface area contributed by atoms with Gasteiger partial charge >= 0.3 is 0 Å². The van der Waals surface area contributed by atoms with Crippen LogP contribution in [0.15, 0.2) is 0 Å². The molecule has 0 saturated carbocycles. The van der Waals surface area contributed by atoms with Gasteiger partial charge in [0.2, 0.25) is 0 Å². The molecule has 0 aromatic heterocycles. The Morgan fingerprint density at radius 1 is 1.22 bits per heavy atom. The van der Waals surface area contributed by atoms with E-state index in [1.54, 1.807) is 0 Å². The molecule has 2 atom stereocenters. The maximum absolute atomic E-state index is 2.77. The lowest BCUT2D eigenvalue weighted by Gasteiger charge is -2.46. The Morgan fingerprint density at radius 3 is 2.56 bits per heavy atom. The van der Waals surface area contributed by atoms with Crippen molar-refractivity contribution in [2.45, 2.75) is 63.3 Å². The molecule has 0 spiro atoms. The zero-order chi connectivity index (χ0) is 13.2. The van der Waals surface area contributed by atoms with Crippen molar-refractivity contribution in [2.75, 3.05) is 32.4 Å². The van der Waals surface area contributed by atoms with Crippen LogP contribution in [-0.2, 0) is 0 Å². The number of fused-ring (bicyclic) bond motifs is 1. The van der Waals surface area contributed by atoms with Gasteiger partial charge in [-0.2, -0.15) is 11.8 Å². The van der Waals surface area contributed by atoms with Crippen LogP contribution in [0.5, 0.6) is 0 Å². The third-order valence-electron chi connectivity index (χ3n) is 5.28. The lowest BCUT2D eigenvalue weighted by molar-refractivity contribution is 0.0515. The van der Waals surface area contributed by atoms with Crippen LogP contribution in [0.25, 0.3) is 0 Å². The predicted molar refractivity (Wildman–Crippen MR) is 82.5 cm³/mol. The highest BCUT2D eigenvalue weighted by molar-refractivity contribution is 8.00. The van der Waals surface area contributed by atoms with E-state index in [1.165, 1.54) is 51.9 Å². The Balaban J connectivity index is 1.99. The molecule has 106 valence electrons. The number of piperazine rings is 1. The van der Waals surface area contributed by atoms with Gasteiger partial charge in [0.15, 0.2) is 0 Å². The van der Waals surface area contributed by atoms with Crippen molar-refractivity contribution >= 4 is 11.8 Å². The molecule has 2 heterocycles. The molecule has 0 aromatic rings. The van der Waals surface area contributed by atoms with E-state index in [1.807, 2.05) is 0 Å². The van der Waals surface area contributed by atoms with E-state index in [0.29, 0.717) is 4.75 Å². The fraction of sp³-hybridized carbons (Fsp3) is 1.00. The second-order valence-electron chi connectivity index (χ2n) is 6.16. The van der Waals surface area contributed by atoms with Crippen molar-refractivity contribution < 1.29 is 0 Å². The molecule has 18 heavy (non-hydrogen) atoms. The predicted octanol–water partition coefficient (Wildman–Crippen LogP) is 3.08. The topological polar surface area (TPSA) is 6.48 Å². The SMILES string of the molecule is CCC(CC)(CN1CC2CCCN2CC1C)SC. The Labute approximate surface area is 117 Å². The Morgan fingerprint density at radius 2 is 1.94 bits per heavy atom. The average Bonchev–Trinajstić information content (AvgIpc) is 2.83. The van der Waals surface area contributed by atoms with Gasteiger partial charge in [-0.1, -0.05) is 13.8 Å². The monoisotopic (exact) mass is 270 g/mol. The minimum Gasteiger partial charge on any atom is -0.298 e. The summed E-state index contributed by atoms with van der Waals surface area (Å²) in [5.41, 5.74) is 0. The number of thioether (sulfide) groups is 1. The highest BCUT2D eigenvalue weighted by Gasteiger charge is 2.37. The van der Waals surface area contributed by atoms with Gasteiger partial charge in [0, 0.05) is 36.5 Å². The summed E-state index contributed by atoms with van der Waals surface area (Å²) in [5, 5.41) is 0. The molecule has 2 aliphatic rings. The number of hydrogen-bond donors (Lipinski definition) is 0. The maximum atomic E-state index is 2.77. The van der Waals surface area contributed by atoms with Gasteiger partial charge in [-0.25, -0.2) is 0 Å². The average molecular weight is 270 g/mol. The molecule has 0 N–H and O–H groups in total. The zero-order valence-electron chi connectivity index (χ0n) is 12.6. The molecular weight excluding hydrogens is 240 g/mol. The van der Waals surface area contributed by atoms with Crippen LogP contribution in [0.2, 0.25) is 0 Å². The Kier molecular flexibility index (Phi) is 5.01. The van der Waals surface area contributed by atoms with Crippen LogP contribution in [0.1, 0.15) is 46.5 Å². The smallest absolute Gasteiger partial charge is 0.0279 e. The lowest BCUT2D eigenvalue weighted by atomic mass is 9.98. The minimum atomic E-state index is 0.481. The molecule has 2 aliphatic heterocycles. The van der Waals surface area contributed by atoms with Crippen molar-refractivity contribution in [2.24, 2.45) is 0 Å². The third-order valence-corrected chi connectivity index (χ3v) is 6.85. The summed E-state index contributed by atoms with van der Waals surface area (Å²) in [5.74, 6) is 0. The normalized spacial score (nSPS) is 30.7. The Hall–Kier alpha value is 0.270. The van der Waals surface area contributed by atoms with Crippen molar-refractivity contribution in [3.05, 3.63) is 0 Å². The summed E-state index contributed by atoms with van der Waals surface area (Å²) >= 11 is 2.08.